The van der Waals surface area contributed by atoms with Crippen molar-refractivity contribution in [2.45, 2.75) is 45.8 Å². The number of thioether (sulfide) groups is 1. The van der Waals surface area contributed by atoms with Crippen LogP contribution in [0.1, 0.15) is 44.0 Å². The van der Waals surface area contributed by atoms with Crippen molar-refractivity contribution in [2.75, 3.05) is 18.1 Å². The van der Waals surface area contributed by atoms with Crippen molar-refractivity contribution < 1.29 is 14.3 Å². The highest BCUT2D eigenvalue weighted by molar-refractivity contribution is 7.99. The van der Waals surface area contributed by atoms with E-state index in [0.717, 1.165) is 11.5 Å². The van der Waals surface area contributed by atoms with Gasteiger partial charge >= 0.3 is 5.97 Å². The Hall–Kier alpha value is -0.710. The molecule has 1 rings (SSSR count). The van der Waals surface area contributed by atoms with Gasteiger partial charge in [-0.15, -0.1) is 0 Å². The minimum Gasteiger partial charge on any atom is -0.455 e. The fourth-order valence-electron chi connectivity index (χ4n) is 1.68. The zero-order valence-electron chi connectivity index (χ0n) is 13.5. The molecule has 0 saturated heterocycles. The van der Waals surface area contributed by atoms with Gasteiger partial charge in [0.05, 0.1) is 18.3 Å². The van der Waals surface area contributed by atoms with Gasteiger partial charge in [0.1, 0.15) is 6.10 Å². The summed E-state index contributed by atoms with van der Waals surface area (Å²) in [6.45, 7) is 6.54. The standard InChI is InChI=1S/C17H25ClO3S/c1-4-5-10-22-12-16(11-20-13(2)3)21-17(19)14-6-8-15(18)9-7-14/h6-9,13,16H,4-5,10-12H2,1-3H3/t16-/m1/s1. The minimum absolute atomic E-state index is 0.123. The van der Waals surface area contributed by atoms with Gasteiger partial charge < -0.3 is 9.47 Å². The highest BCUT2D eigenvalue weighted by Crippen LogP contribution is 2.14. The van der Waals surface area contributed by atoms with Gasteiger partial charge in [0, 0.05) is 10.8 Å². The molecule has 0 aliphatic carbocycles. The SMILES string of the molecule is CCCCSC[C@@H](COC(C)C)OC(=O)c1ccc(Cl)cc1. The Morgan fingerprint density at radius 2 is 1.95 bits per heavy atom. The third-order valence-electron chi connectivity index (χ3n) is 2.92. The number of ether oxygens (including phenoxy) is 2. The molecule has 0 saturated carbocycles. The van der Waals surface area contributed by atoms with Crippen molar-refractivity contribution in [3.63, 3.8) is 0 Å². The van der Waals surface area contributed by atoms with Crippen LogP contribution < -0.4 is 0 Å². The van der Waals surface area contributed by atoms with Crippen LogP contribution >= 0.6 is 23.4 Å². The first-order valence-corrected chi connectivity index (χ1v) is 9.22. The molecule has 0 N–H and O–H groups in total. The van der Waals surface area contributed by atoms with Crippen LogP contribution in [-0.4, -0.2) is 36.3 Å². The molecule has 124 valence electrons. The lowest BCUT2D eigenvalue weighted by Crippen LogP contribution is -2.27. The van der Waals surface area contributed by atoms with Crippen LogP contribution in [-0.2, 0) is 9.47 Å². The van der Waals surface area contributed by atoms with Crippen molar-refractivity contribution in [3.05, 3.63) is 34.9 Å². The van der Waals surface area contributed by atoms with Gasteiger partial charge in [-0.2, -0.15) is 11.8 Å². The fourth-order valence-corrected chi connectivity index (χ4v) is 2.90. The van der Waals surface area contributed by atoms with E-state index in [2.05, 4.69) is 6.92 Å². The summed E-state index contributed by atoms with van der Waals surface area (Å²) in [5.74, 6) is 1.50. The zero-order valence-corrected chi connectivity index (χ0v) is 15.1. The van der Waals surface area contributed by atoms with Gasteiger partial charge in [-0.1, -0.05) is 24.9 Å². The summed E-state index contributed by atoms with van der Waals surface area (Å²) in [5, 5.41) is 0.603. The molecule has 1 atom stereocenters. The summed E-state index contributed by atoms with van der Waals surface area (Å²) in [6.07, 6.45) is 2.24. The Balaban J connectivity index is 2.53. The Bertz CT molecular complexity index is 434. The molecule has 0 heterocycles. The number of carbonyl (C=O) groups is 1. The van der Waals surface area contributed by atoms with E-state index in [4.69, 9.17) is 21.1 Å². The summed E-state index contributed by atoms with van der Waals surface area (Å²) >= 11 is 7.63. The predicted molar refractivity (Wildman–Crippen MR) is 94.0 cm³/mol. The van der Waals surface area contributed by atoms with Gasteiger partial charge in [-0.25, -0.2) is 4.79 Å². The molecule has 1 aromatic rings. The molecule has 0 aliphatic heterocycles. The molecule has 0 aromatic heterocycles. The van der Waals surface area contributed by atoms with Gasteiger partial charge in [0.25, 0.3) is 0 Å². The molecule has 5 heteroatoms. The number of hydrogen-bond donors (Lipinski definition) is 0. The molecule has 1 aromatic carbocycles. The third-order valence-corrected chi connectivity index (χ3v) is 4.35. The van der Waals surface area contributed by atoms with E-state index in [0.29, 0.717) is 17.2 Å². The molecule has 0 amide bonds. The number of carbonyl (C=O) groups excluding carboxylic acids is 1. The minimum atomic E-state index is -0.329. The third kappa shape index (κ3) is 8.06. The van der Waals surface area contributed by atoms with E-state index < -0.39 is 0 Å². The summed E-state index contributed by atoms with van der Waals surface area (Å²) in [4.78, 5) is 12.2. The van der Waals surface area contributed by atoms with Crippen LogP contribution in [0.4, 0.5) is 0 Å². The van der Waals surface area contributed by atoms with E-state index in [-0.39, 0.29) is 18.2 Å². The predicted octanol–water partition coefficient (Wildman–Crippen LogP) is 4.82. The molecule has 0 radical (unpaired) electrons. The number of halogens is 1. The average molecular weight is 345 g/mol. The van der Waals surface area contributed by atoms with E-state index in [9.17, 15) is 4.79 Å². The summed E-state index contributed by atoms with van der Waals surface area (Å²) in [6, 6.07) is 6.73. The van der Waals surface area contributed by atoms with E-state index >= 15 is 0 Å². The Morgan fingerprint density at radius 3 is 2.55 bits per heavy atom. The van der Waals surface area contributed by atoms with Crippen LogP contribution in [0, 0.1) is 0 Å². The first-order chi connectivity index (χ1) is 10.5. The summed E-state index contributed by atoms with van der Waals surface area (Å²) < 4.78 is 11.2. The maximum Gasteiger partial charge on any atom is 0.338 e. The lowest BCUT2D eigenvalue weighted by Gasteiger charge is -2.19. The van der Waals surface area contributed by atoms with Crippen molar-refractivity contribution in [1.29, 1.82) is 0 Å². The van der Waals surface area contributed by atoms with Crippen LogP contribution in [0.2, 0.25) is 5.02 Å². The summed E-state index contributed by atoms with van der Waals surface area (Å²) in [7, 11) is 0. The van der Waals surface area contributed by atoms with Crippen LogP contribution in [0.5, 0.6) is 0 Å². The van der Waals surface area contributed by atoms with Crippen molar-refractivity contribution in [2.24, 2.45) is 0 Å². The van der Waals surface area contributed by atoms with Crippen molar-refractivity contribution >= 4 is 29.3 Å². The van der Waals surface area contributed by atoms with Gasteiger partial charge in [0.2, 0.25) is 0 Å². The normalized spacial score (nSPS) is 12.4. The summed E-state index contributed by atoms with van der Waals surface area (Å²) in [5.41, 5.74) is 0.512. The van der Waals surface area contributed by atoms with Crippen molar-refractivity contribution in [3.8, 4) is 0 Å². The number of rotatable bonds is 10. The quantitative estimate of drug-likeness (QED) is 0.450. The zero-order chi connectivity index (χ0) is 16.4. The van der Waals surface area contributed by atoms with Crippen LogP contribution in [0.15, 0.2) is 24.3 Å². The topological polar surface area (TPSA) is 35.5 Å². The second kappa shape index (κ2) is 10.9. The molecule has 0 aliphatic rings. The molecule has 0 bridgehead atoms. The lowest BCUT2D eigenvalue weighted by atomic mass is 10.2. The number of benzene rings is 1. The molecule has 0 unspecified atom stereocenters. The molecule has 3 nitrogen and oxygen atoms in total. The molecular formula is C17H25ClO3S. The maximum absolute atomic E-state index is 12.2. The van der Waals surface area contributed by atoms with Crippen molar-refractivity contribution in [1.82, 2.24) is 0 Å². The smallest absolute Gasteiger partial charge is 0.338 e. The lowest BCUT2D eigenvalue weighted by molar-refractivity contribution is -0.0119. The maximum atomic E-state index is 12.2. The highest BCUT2D eigenvalue weighted by atomic mass is 35.5. The first kappa shape index (κ1) is 19.3. The largest absolute Gasteiger partial charge is 0.455 e. The molecule has 0 spiro atoms. The molecule has 22 heavy (non-hydrogen) atoms. The monoisotopic (exact) mass is 344 g/mol. The number of unbranched alkanes of at least 4 members (excludes halogenated alkanes) is 1. The molecular weight excluding hydrogens is 320 g/mol. The Kier molecular flexibility index (Phi) is 9.60. The number of esters is 1. The number of hydrogen-bond acceptors (Lipinski definition) is 4. The van der Waals surface area contributed by atoms with Crippen LogP contribution in [0.3, 0.4) is 0 Å². The fraction of sp³-hybridized carbons (Fsp3) is 0.588. The van der Waals surface area contributed by atoms with E-state index in [1.54, 1.807) is 36.0 Å². The van der Waals surface area contributed by atoms with Gasteiger partial charge in [-0.3, -0.25) is 0 Å². The van der Waals surface area contributed by atoms with Gasteiger partial charge in [0.15, 0.2) is 0 Å². The first-order valence-electron chi connectivity index (χ1n) is 7.68. The Labute approximate surface area is 142 Å². The average Bonchev–Trinajstić information content (AvgIpc) is 2.49. The second-order valence-electron chi connectivity index (χ2n) is 5.34. The Morgan fingerprint density at radius 1 is 1.27 bits per heavy atom. The second-order valence-corrected chi connectivity index (χ2v) is 6.93. The van der Waals surface area contributed by atoms with Crippen LogP contribution in [0.25, 0.3) is 0 Å². The van der Waals surface area contributed by atoms with Gasteiger partial charge in [-0.05, 0) is 50.3 Å². The van der Waals surface area contributed by atoms with E-state index in [1.807, 2.05) is 13.8 Å². The van der Waals surface area contributed by atoms with E-state index in [1.165, 1.54) is 12.8 Å². The molecule has 0 fully saturated rings. The highest BCUT2D eigenvalue weighted by Gasteiger charge is 2.17.